The Balaban J connectivity index is 2.31. The predicted octanol–water partition coefficient (Wildman–Crippen LogP) is -0.268. The van der Waals surface area contributed by atoms with Crippen LogP contribution in [0, 0.1) is 0 Å². The molecule has 1 heterocycles. The van der Waals surface area contributed by atoms with E-state index in [-0.39, 0.29) is 0 Å². The average molecular weight is 84.1 g/mol. The second kappa shape index (κ2) is 0.899. The maximum Gasteiger partial charge on any atom is 0.0913 e. The van der Waals surface area contributed by atoms with E-state index in [2.05, 4.69) is 6.58 Å². The van der Waals surface area contributed by atoms with Crippen molar-refractivity contribution in [3.63, 3.8) is 0 Å². The van der Waals surface area contributed by atoms with Crippen molar-refractivity contribution in [2.24, 2.45) is 5.73 Å². The molecule has 0 aromatic rings. The first-order valence-corrected chi connectivity index (χ1v) is 2.00. The molecule has 2 nitrogen and oxygen atoms in total. The van der Waals surface area contributed by atoms with Crippen LogP contribution in [0.3, 0.4) is 0 Å². The van der Waals surface area contributed by atoms with Gasteiger partial charge in [0.1, 0.15) is 0 Å². The van der Waals surface area contributed by atoms with Crippen molar-refractivity contribution in [3.8, 4) is 0 Å². The minimum absolute atomic E-state index is 0.704. The Hall–Kier alpha value is -0.660. The number of rotatable bonds is 1. The van der Waals surface area contributed by atoms with Gasteiger partial charge in [-0.25, -0.2) is 0 Å². The number of nitrogens with zero attached hydrogens (tertiary/aromatic N) is 1. The van der Waals surface area contributed by atoms with Gasteiger partial charge in [-0.05, 0) is 0 Å². The molecular formula is C4H8N2. The molecule has 0 spiro atoms. The van der Waals surface area contributed by atoms with E-state index in [0.717, 1.165) is 13.1 Å². The summed E-state index contributed by atoms with van der Waals surface area (Å²) in [5.74, 6) is 0.704. The maximum atomic E-state index is 5.23. The van der Waals surface area contributed by atoms with Gasteiger partial charge in [0.05, 0.1) is 5.82 Å². The topological polar surface area (TPSA) is 29.0 Å². The lowest BCUT2D eigenvalue weighted by Crippen LogP contribution is -2.04. The molecule has 1 rings (SSSR count). The van der Waals surface area contributed by atoms with E-state index in [9.17, 15) is 0 Å². The third-order valence-electron chi connectivity index (χ3n) is 0.853. The Labute approximate surface area is 37.2 Å². The van der Waals surface area contributed by atoms with Crippen LogP contribution >= 0.6 is 0 Å². The van der Waals surface area contributed by atoms with Gasteiger partial charge in [0.2, 0.25) is 0 Å². The summed E-state index contributed by atoms with van der Waals surface area (Å²) in [6.45, 7) is 5.73. The smallest absolute Gasteiger partial charge is 0.0913 e. The number of hydrogen-bond acceptors (Lipinski definition) is 2. The summed E-state index contributed by atoms with van der Waals surface area (Å²) in [6.07, 6.45) is 0. The summed E-state index contributed by atoms with van der Waals surface area (Å²) in [5, 5.41) is 0. The normalized spacial score (nSPS) is 17.7. The number of hydrogen-bond donors (Lipinski definition) is 1. The molecule has 0 bridgehead atoms. The van der Waals surface area contributed by atoms with Gasteiger partial charge >= 0.3 is 0 Å². The van der Waals surface area contributed by atoms with Crippen molar-refractivity contribution in [1.29, 1.82) is 0 Å². The van der Waals surface area contributed by atoms with Crippen LogP contribution < -0.4 is 5.73 Å². The molecule has 0 atom stereocenters. The van der Waals surface area contributed by atoms with Gasteiger partial charge in [0.15, 0.2) is 0 Å². The van der Waals surface area contributed by atoms with Gasteiger partial charge in [-0.15, -0.1) is 0 Å². The highest BCUT2D eigenvalue weighted by molar-refractivity contribution is 4.94. The van der Waals surface area contributed by atoms with Crippen molar-refractivity contribution in [1.82, 2.24) is 4.90 Å². The Morgan fingerprint density at radius 2 is 2.17 bits per heavy atom. The average Bonchev–Trinajstić information content (AvgIpc) is 2.06. The third kappa shape index (κ3) is 0.455. The maximum absolute atomic E-state index is 5.23. The van der Waals surface area contributed by atoms with Crippen LogP contribution in [-0.2, 0) is 0 Å². The molecule has 1 aliphatic rings. The first kappa shape index (κ1) is 3.53. The van der Waals surface area contributed by atoms with E-state index in [1.165, 1.54) is 0 Å². The van der Waals surface area contributed by atoms with Crippen molar-refractivity contribution in [2.45, 2.75) is 0 Å². The van der Waals surface area contributed by atoms with Crippen molar-refractivity contribution in [3.05, 3.63) is 12.4 Å². The molecular weight excluding hydrogens is 76.1 g/mol. The van der Waals surface area contributed by atoms with Gasteiger partial charge in [0, 0.05) is 13.1 Å². The lowest BCUT2D eigenvalue weighted by molar-refractivity contribution is 0.690. The Bertz CT molecular complexity index is 73.6. The summed E-state index contributed by atoms with van der Waals surface area (Å²) in [6, 6.07) is 0. The fourth-order valence-corrected chi connectivity index (χ4v) is 0.337. The summed E-state index contributed by atoms with van der Waals surface area (Å²) in [5.41, 5.74) is 5.23. The van der Waals surface area contributed by atoms with Crippen LogP contribution in [0.25, 0.3) is 0 Å². The largest absolute Gasteiger partial charge is 0.386 e. The molecule has 1 fully saturated rings. The van der Waals surface area contributed by atoms with Crippen LogP contribution in [-0.4, -0.2) is 18.0 Å². The fraction of sp³-hybridized carbons (Fsp3) is 0.500. The Kier molecular flexibility index (Phi) is 0.528. The molecule has 0 amide bonds. The van der Waals surface area contributed by atoms with E-state index in [4.69, 9.17) is 5.73 Å². The summed E-state index contributed by atoms with van der Waals surface area (Å²) < 4.78 is 0. The molecule has 1 saturated heterocycles. The Morgan fingerprint density at radius 3 is 2.17 bits per heavy atom. The standard InChI is InChI=1S/C4H8N2/c1-4(5)6-2-3-6/h1-3,5H2. The van der Waals surface area contributed by atoms with E-state index in [1.54, 1.807) is 0 Å². The second-order valence-corrected chi connectivity index (χ2v) is 1.48. The number of nitrogens with two attached hydrogens (primary N) is 1. The van der Waals surface area contributed by atoms with Gasteiger partial charge in [-0.3, -0.25) is 0 Å². The van der Waals surface area contributed by atoms with Gasteiger partial charge < -0.3 is 10.6 Å². The van der Waals surface area contributed by atoms with Crippen molar-refractivity contribution in [2.75, 3.05) is 13.1 Å². The summed E-state index contributed by atoms with van der Waals surface area (Å²) in [7, 11) is 0. The zero-order chi connectivity index (χ0) is 4.57. The van der Waals surface area contributed by atoms with Crippen molar-refractivity contribution < 1.29 is 0 Å². The minimum atomic E-state index is 0.704. The van der Waals surface area contributed by atoms with E-state index in [1.807, 2.05) is 4.90 Å². The first-order chi connectivity index (χ1) is 2.80. The highest BCUT2D eigenvalue weighted by Gasteiger charge is 2.15. The highest BCUT2D eigenvalue weighted by atomic mass is 15.3. The monoisotopic (exact) mass is 84.1 g/mol. The summed E-state index contributed by atoms with van der Waals surface area (Å²) in [4.78, 5) is 2.00. The van der Waals surface area contributed by atoms with Crippen LogP contribution in [0.1, 0.15) is 0 Å². The van der Waals surface area contributed by atoms with Crippen LogP contribution in [0.5, 0.6) is 0 Å². The molecule has 0 unspecified atom stereocenters. The quantitative estimate of drug-likeness (QED) is 0.443. The van der Waals surface area contributed by atoms with Crippen LogP contribution in [0.15, 0.2) is 12.4 Å². The van der Waals surface area contributed by atoms with E-state index in [0.29, 0.717) is 5.82 Å². The van der Waals surface area contributed by atoms with Crippen molar-refractivity contribution >= 4 is 0 Å². The molecule has 1 aliphatic heterocycles. The molecule has 0 aromatic carbocycles. The molecule has 0 radical (unpaired) electrons. The molecule has 6 heavy (non-hydrogen) atoms. The minimum Gasteiger partial charge on any atom is -0.386 e. The van der Waals surface area contributed by atoms with Gasteiger partial charge in [0.25, 0.3) is 0 Å². The molecule has 0 aromatic heterocycles. The SMILES string of the molecule is C=C(N)N1CC1. The zero-order valence-electron chi connectivity index (χ0n) is 3.65. The summed E-state index contributed by atoms with van der Waals surface area (Å²) >= 11 is 0. The molecule has 34 valence electrons. The van der Waals surface area contributed by atoms with Gasteiger partial charge in [-0.1, -0.05) is 6.58 Å². The lowest BCUT2D eigenvalue weighted by Gasteiger charge is -1.93. The molecule has 0 saturated carbocycles. The van der Waals surface area contributed by atoms with Crippen LogP contribution in [0.4, 0.5) is 0 Å². The van der Waals surface area contributed by atoms with Gasteiger partial charge in [-0.2, -0.15) is 0 Å². The van der Waals surface area contributed by atoms with Crippen LogP contribution in [0.2, 0.25) is 0 Å². The Morgan fingerprint density at radius 1 is 1.67 bits per heavy atom. The van der Waals surface area contributed by atoms with E-state index < -0.39 is 0 Å². The second-order valence-electron chi connectivity index (χ2n) is 1.48. The molecule has 2 heteroatoms. The third-order valence-corrected chi connectivity index (χ3v) is 0.853. The fourth-order valence-electron chi connectivity index (χ4n) is 0.337. The highest BCUT2D eigenvalue weighted by Crippen LogP contribution is 2.05. The zero-order valence-corrected chi connectivity index (χ0v) is 3.65. The molecule has 2 N–H and O–H groups in total. The predicted molar refractivity (Wildman–Crippen MR) is 24.9 cm³/mol. The lowest BCUT2D eigenvalue weighted by atomic mass is 10.8. The first-order valence-electron chi connectivity index (χ1n) is 2.00. The molecule has 0 aliphatic carbocycles. The van der Waals surface area contributed by atoms with E-state index >= 15 is 0 Å².